The van der Waals surface area contributed by atoms with E-state index in [0.717, 1.165) is 11.1 Å². The molecule has 2 N–H and O–H groups in total. The number of hydrogen-bond acceptors (Lipinski definition) is 5. The van der Waals surface area contributed by atoms with Gasteiger partial charge in [-0.3, -0.25) is 14.3 Å². The maximum absolute atomic E-state index is 12.9. The smallest absolute Gasteiger partial charge is 0.291 e. The maximum atomic E-state index is 12.9. The number of rotatable bonds is 5. The van der Waals surface area contributed by atoms with Crippen LogP contribution in [0, 0.1) is 26.2 Å². The SMILES string of the molecule is Cc1cccc(C)c1NS(=O)(=O)c1ccc(NC(=O)c2oc3c(c2C)C(=O)CC(C)(C)C3)cc1. The first-order chi connectivity index (χ1) is 15.9. The van der Waals surface area contributed by atoms with Gasteiger partial charge in [-0.1, -0.05) is 32.0 Å². The third-order valence-corrected chi connectivity index (χ3v) is 7.49. The summed E-state index contributed by atoms with van der Waals surface area (Å²) < 4.78 is 34.2. The molecule has 1 aliphatic carbocycles. The molecule has 34 heavy (non-hydrogen) atoms. The zero-order valence-corrected chi connectivity index (χ0v) is 20.7. The number of para-hydroxylation sites is 1. The van der Waals surface area contributed by atoms with Crippen LogP contribution >= 0.6 is 0 Å². The number of nitrogens with one attached hydrogen (secondary N) is 2. The van der Waals surface area contributed by atoms with Gasteiger partial charge in [0, 0.05) is 24.1 Å². The third-order valence-electron chi connectivity index (χ3n) is 6.12. The van der Waals surface area contributed by atoms with E-state index in [9.17, 15) is 18.0 Å². The lowest BCUT2D eigenvalue weighted by molar-refractivity contribution is 0.0898. The molecular weight excluding hydrogens is 452 g/mol. The van der Waals surface area contributed by atoms with E-state index in [2.05, 4.69) is 10.0 Å². The number of Topliss-reactive ketones (excluding diaryl/α,β-unsaturated/α-hetero) is 1. The van der Waals surface area contributed by atoms with Gasteiger partial charge in [0.1, 0.15) is 5.76 Å². The van der Waals surface area contributed by atoms with Crippen molar-refractivity contribution in [2.45, 2.75) is 52.4 Å². The van der Waals surface area contributed by atoms with Crippen molar-refractivity contribution in [3.63, 3.8) is 0 Å². The van der Waals surface area contributed by atoms with Gasteiger partial charge in [0.05, 0.1) is 16.1 Å². The average Bonchev–Trinajstić information content (AvgIpc) is 3.06. The summed E-state index contributed by atoms with van der Waals surface area (Å²) in [6, 6.07) is 11.4. The molecule has 1 aromatic heterocycles. The van der Waals surface area contributed by atoms with E-state index in [1.54, 1.807) is 6.92 Å². The molecule has 0 bridgehead atoms. The summed E-state index contributed by atoms with van der Waals surface area (Å²) in [6.07, 6.45) is 0.996. The normalized spacial score (nSPS) is 15.0. The first-order valence-corrected chi connectivity index (χ1v) is 12.5. The van der Waals surface area contributed by atoms with E-state index in [4.69, 9.17) is 4.42 Å². The Labute approximate surface area is 199 Å². The van der Waals surface area contributed by atoms with E-state index in [0.29, 0.717) is 41.1 Å². The minimum absolute atomic E-state index is 0.0162. The largest absolute Gasteiger partial charge is 0.455 e. The van der Waals surface area contributed by atoms with Crippen molar-refractivity contribution >= 4 is 33.1 Å². The van der Waals surface area contributed by atoms with Gasteiger partial charge in [-0.05, 0) is 61.6 Å². The Bertz CT molecular complexity index is 1380. The molecular formula is C26H28N2O5S. The van der Waals surface area contributed by atoms with E-state index >= 15 is 0 Å². The molecule has 1 amide bonds. The number of amides is 1. The zero-order valence-electron chi connectivity index (χ0n) is 19.9. The molecule has 0 unspecified atom stereocenters. The summed E-state index contributed by atoms with van der Waals surface area (Å²) in [4.78, 5) is 25.5. The van der Waals surface area contributed by atoms with Gasteiger partial charge < -0.3 is 9.73 Å². The van der Waals surface area contributed by atoms with Crippen LogP contribution in [0.4, 0.5) is 11.4 Å². The monoisotopic (exact) mass is 480 g/mol. The van der Waals surface area contributed by atoms with Crippen molar-refractivity contribution in [1.29, 1.82) is 0 Å². The van der Waals surface area contributed by atoms with Crippen LogP contribution in [0.3, 0.4) is 0 Å². The predicted molar refractivity (Wildman–Crippen MR) is 131 cm³/mol. The Hall–Kier alpha value is -3.39. The van der Waals surface area contributed by atoms with Gasteiger partial charge in [0.25, 0.3) is 15.9 Å². The van der Waals surface area contributed by atoms with Crippen LogP contribution in [0.15, 0.2) is 51.8 Å². The van der Waals surface area contributed by atoms with Crippen molar-refractivity contribution in [2.24, 2.45) is 5.41 Å². The predicted octanol–water partition coefficient (Wildman–Crippen LogP) is 5.41. The Morgan fingerprint density at radius 2 is 1.59 bits per heavy atom. The number of benzene rings is 2. The summed E-state index contributed by atoms with van der Waals surface area (Å²) in [6.45, 7) is 9.38. The second-order valence-electron chi connectivity index (χ2n) is 9.65. The number of aryl methyl sites for hydroxylation is 2. The van der Waals surface area contributed by atoms with Crippen molar-refractivity contribution in [3.8, 4) is 0 Å². The summed E-state index contributed by atoms with van der Waals surface area (Å²) in [5, 5.41) is 2.73. The van der Waals surface area contributed by atoms with Gasteiger partial charge in [-0.25, -0.2) is 8.42 Å². The average molecular weight is 481 g/mol. The fourth-order valence-corrected chi connectivity index (χ4v) is 5.58. The number of anilines is 2. The lowest BCUT2D eigenvalue weighted by Crippen LogP contribution is -2.26. The number of sulfonamides is 1. The number of ketones is 1. The second-order valence-corrected chi connectivity index (χ2v) is 11.3. The quantitative estimate of drug-likeness (QED) is 0.508. The van der Waals surface area contributed by atoms with Crippen molar-refractivity contribution < 1.29 is 22.4 Å². The van der Waals surface area contributed by atoms with Crippen molar-refractivity contribution in [2.75, 3.05) is 10.0 Å². The summed E-state index contributed by atoms with van der Waals surface area (Å²) in [5.74, 6) is 0.145. The molecule has 0 spiro atoms. The topological polar surface area (TPSA) is 105 Å². The third kappa shape index (κ3) is 4.50. The Morgan fingerprint density at radius 3 is 2.21 bits per heavy atom. The van der Waals surface area contributed by atoms with E-state index in [1.165, 1.54) is 24.3 Å². The van der Waals surface area contributed by atoms with Crippen LogP contribution < -0.4 is 10.0 Å². The first kappa shape index (κ1) is 23.8. The Morgan fingerprint density at radius 1 is 0.971 bits per heavy atom. The number of carbonyl (C=O) groups is 2. The molecule has 7 nitrogen and oxygen atoms in total. The summed E-state index contributed by atoms with van der Waals surface area (Å²) in [5.41, 5.74) is 3.44. The highest BCUT2D eigenvalue weighted by molar-refractivity contribution is 7.92. The second kappa shape index (κ2) is 8.43. The van der Waals surface area contributed by atoms with Gasteiger partial charge >= 0.3 is 0 Å². The molecule has 0 saturated heterocycles. The molecule has 1 heterocycles. The minimum atomic E-state index is -3.80. The van der Waals surface area contributed by atoms with Gasteiger partial charge in [-0.2, -0.15) is 0 Å². The number of carbonyl (C=O) groups excluding carboxylic acids is 2. The van der Waals surface area contributed by atoms with Crippen molar-refractivity contribution in [3.05, 3.63) is 76.2 Å². The molecule has 8 heteroatoms. The summed E-state index contributed by atoms with van der Waals surface area (Å²) in [7, 11) is -3.80. The van der Waals surface area contributed by atoms with Crippen LogP contribution in [0.25, 0.3) is 0 Å². The van der Waals surface area contributed by atoms with Crippen molar-refractivity contribution in [1.82, 2.24) is 0 Å². The molecule has 2 aromatic carbocycles. The standard InChI is InChI=1S/C26H28N2O5S/c1-15-7-6-8-16(2)23(15)28-34(31,32)19-11-9-18(10-12-19)27-25(30)24-17(3)22-20(29)13-26(4,5)14-21(22)33-24/h6-12,28H,13-14H2,1-5H3,(H,27,30). The molecule has 0 atom stereocenters. The molecule has 3 aromatic rings. The fourth-order valence-electron chi connectivity index (χ4n) is 4.37. The highest BCUT2D eigenvalue weighted by Gasteiger charge is 2.37. The van der Waals surface area contributed by atoms with E-state index < -0.39 is 15.9 Å². The van der Waals surface area contributed by atoms with E-state index in [1.807, 2.05) is 45.9 Å². The zero-order chi connectivity index (χ0) is 24.8. The molecule has 0 fully saturated rings. The Kier molecular flexibility index (Phi) is 5.89. The molecule has 1 aliphatic rings. The van der Waals surface area contributed by atoms with Gasteiger partial charge in [-0.15, -0.1) is 0 Å². The highest BCUT2D eigenvalue weighted by Crippen LogP contribution is 2.38. The van der Waals surface area contributed by atoms with Crippen LogP contribution in [-0.2, 0) is 16.4 Å². The van der Waals surface area contributed by atoms with Gasteiger partial charge in [0.2, 0.25) is 0 Å². The molecule has 0 saturated carbocycles. The van der Waals surface area contributed by atoms with E-state index in [-0.39, 0.29) is 21.9 Å². The molecule has 178 valence electrons. The van der Waals surface area contributed by atoms with Crippen LogP contribution in [0.1, 0.15) is 63.6 Å². The lowest BCUT2D eigenvalue weighted by atomic mass is 9.76. The first-order valence-electron chi connectivity index (χ1n) is 11.0. The summed E-state index contributed by atoms with van der Waals surface area (Å²) >= 11 is 0. The highest BCUT2D eigenvalue weighted by atomic mass is 32.2. The fraction of sp³-hybridized carbons (Fsp3) is 0.308. The molecule has 4 rings (SSSR count). The van der Waals surface area contributed by atoms with Crippen LogP contribution in [0.5, 0.6) is 0 Å². The maximum Gasteiger partial charge on any atom is 0.291 e. The molecule has 0 aliphatic heterocycles. The lowest BCUT2D eigenvalue weighted by Gasteiger charge is -2.27. The minimum Gasteiger partial charge on any atom is -0.455 e. The molecule has 0 radical (unpaired) electrons. The Balaban J connectivity index is 1.53. The number of furan rings is 1. The van der Waals surface area contributed by atoms with Gasteiger partial charge in [0.15, 0.2) is 11.5 Å². The number of fused-ring (bicyclic) bond motifs is 1. The van der Waals surface area contributed by atoms with Crippen LogP contribution in [-0.4, -0.2) is 20.1 Å². The van der Waals surface area contributed by atoms with Crippen LogP contribution in [0.2, 0.25) is 0 Å². The number of hydrogen-bond donors (Lipinski definition) is 2.